The van der Waals surface area contributed by atoms with Crippen LogP contribution >= 0.6 is 0 Å². The predicted octanol–water partition coefficient (Wildman–Crippen LogP) is 3.59. The number of benzene rings is 1. The molecule has 3 aromatic rings. The van der Waals surface area contributed by atoms with Gasteiger partial charge in [0, 0.05) is 42.6 Å². The number of amides is 1. The maximum absolute atomic E-state index is 12.2. The highest BCUT2D eigenvalue weighted by atomic mass is 16.5. The van der Waals surface area contributed by atoms with E-state index in [4.69, 9.17) is 20.4 Å². The van der Waals surface area contributed by atoms with Crippen molar-refractivity contribution < 1.29 is 9.53 Å². The number of carbonyl (C=O) groups excluding carboxylic acids is 1. The maximum Gasteiger partial charge on any atom is 0.214 e. The summed E-state index contributed by atoms with van der Waals surface area (Å²) in [6.45, 7) is 1.59. The number of pyridine rings is 1. The van der Waals surface area contributed by atoms with Crippen LogP contribution in [0.15, 0.2) is 55.0 Å². The SMILES string of the molecule is [B]C(C(=O)NCCCCCCn1ccc2cc(OC)ccc21)C([B])c1cccnc1. The topological polar surface area (TPSA) is 56.2 Å². The van der Waals surface area contributed by atoms with Crippen LogP contribution in [0.2, 0.25) is 5.82 Å². The molecule has 0 aliphatic heterocycles. The first kappa shape index (κ1) is 22.0. The van der Waals surface area contributed by atoms with Gasteiger partial charge in [-0.1, -0.05) is 18.9 Å². The molecule has 0 saturated heterocycles. The molecular formula is C23H27B2N3O2. The molecule has 1 aromatic carbocycles. The minimum Gasteiger partial charge on any atom is -0.497 e. The van der Waals surface area contributed by atoms with Gasteiger partial charge in [-0.3, -0.25) is 9.78 Å². The van der Waals surface area contributed by atoms with Gasteiger partial charge in [0.1, 0.15) is 5.75 Å². The highest BCUT2D eigenvalue weighted by molar-refractivity contribution is 6.30. The van der Waals surface area contributed by atoms with Crippen LogP contribution in [-0.2, 0) is 11.3 Å². The first-order chi connectivity index (χ1) is 14.6. The third-order valence-corrected chi connectivity index (χ3v) is 5.36. The van der Waals surface area contributed by atoms with Gasteiger partial charge >= 0.3 is 0 Å². The van der Waals surface area contributed by atoms with Crippen molar-refractivity contribution in [1.82, 2.24) is 14.9 Å². The van der Waals surface area contributed by atoms with Crippen LogP contribution in [0.5, 0.6) is 5.75 Å². The molecule has 7 heteroatoms. The van der Waals surface area contributed by atoms with Crippen molar-refractivity contribution in [2.75, 3.05) is 13.7 Å². The molecule has 0 saturated carbocycles. The molecule has 3 rings (SSSR count). The Labute approximate surface area is 181 Å². The monoisotopic (exact) mass is 399 g/mol. The minimum absolute atomic E-state index is 0.222. The number of methoxy groups -OCH3 is 1. The quantitative estimate of drug-likeness (QED) is 0.396. The van der Waals surface area contributed by atoms with Crippen molar-refractivity contribution in [3.8, 4) is 5.75 Å². The number of nitrogens with one attached hydrogen (secondary N) is 1. The van der Waals surface area contributed by atoms with Crippen LogP contribution in [0.3, 0.4) is 0 Å². The van der Waals surface area contributed by atoms with Crippen molar-refractivity contribution in [1.29, 1.82) is 0 Å². The zero-order chi connectivity index (χ0) is 21.3. The fourth-order valence-corrected chi connectivity index (χ4v) is 3.53. The number of ether oxygens (including phenoxy) is 1. The van der Waals surface area contributed by atoms with Gasteiger partial charge in [0.25, 0.3) is 0 Å². The van der Waals surface area contributed by atoms with Crippen LogP contribution in [0.1, 0.15) is 37.1 Å². The lowest BCUT2D eigenvalue weighted by molar-refractivity contribution is -0.121. The summed E-state index contributed by atoms with van der Waals surface area (Å²) in [5, 5.41) is 4.08. The van der Waals surface area contributed by atoms with Crippen molar-refractivity contribution in [2.24, 2.45) is 0 Å². The second-order valence-electron chi connectivity index (χ2n) is 7.48. The number of fused-ring (bicyclic) bond motifs is 1. The van der Waals surface area contributed by atoms with Crippen molar-refractivity contribution in [3.05, 3.63) is 60.6 Å². The zero-order valence-electron chi connectivity index (χ0n) is 17.5. The fraction of sp³-hybridized carbons (Fsp3) is 0.391. The Morgan fingerprint density at radius 1 is 1.17 bits per heavy atom. The summed E-state index contributed by atoms with van der Waals surface area (Å²) in [5.74, 6) is -0.686. The number of hydrogen-bond donors (Lipinski definition) is 1. The van der Waals surface area contributed by atoms with Crippen molar-refractivity contribution in [3.63, 3.8) is 0 Å². The molecule has 2 aromatic heterocycles. The zero-order valence-corrected chi connectivity index (χ0v) is 17.5. The van der Waals surface area contributed by atoms with E-state index < -0.39 is 11.6 Å². The van der Waals surface area contributed by atoms with Crippen LogP contribution in [-0.4, -0.2) is 44.8 Å². The van der Waals surface area contributed by atoms with Gasteiger partial charge in [-0.25, -0.2) is 0 Å². The molecule has 1 amide bonds. The smallest absolute Gasteiger partial charge is 0.214 e. The molecule has 2 unspecified atom stereocenters. The number of carbonyl (C=O) groups is 1. The molecule has 2 heterocycles. The number of unbranched alkanes of at least 4 members (excludes halogenated alkanes) is 3. The number of rotatable bonds is 11. The Bertz CT molecular complexity index is 946. The average molecular weight is 399 g/mol. The highest BCUT2D eigenvalue weighted by Crippen LogP contribution is 2.23. The summed E-state index contributed by atoms with van der Waals surface area (Å²) in [4.78, 5) is 16.2. The number of aryl methyl sites for hydroxylation is 1. The number of nitrogens with zero attached hydrogens (tertiary/aromatic N) is 2. The molecule has 30 heavy (non-hydrogen) atoms. The molecule has 0 spiro atoms. The number of hydrogen-bond acceptors (Lipinski definition) is 3. The summed E-state index contributed by atoms with van der Waals surface area (Å²) < 4.78 is 7.55. The fourth-order valence-electron chi connectivity index (χ4n) is 3.53. The van der Waals surface area contributed by atoms with E-state index >= 15 is 0 Å². The van der Waals surface area contributed by atoms with Gasteiger partial charge in [-0.05, 0) is 60.4 Å². The Morgan fingerprint density at radius 3 is 2.77 bits per heavy atom. The molecule has 0 fully saturated rings. The van der Waals surface area contributed by atoms with Crippen molar-refractivity contribution in [2.45, 2.75) is 43.9 Å². The Morgan fingerprint density at radius 2 is 2.00 bits per heavy atom. The van der Waals surface area contributed by atoms with Gasteiger partial charge in [-0.2, -0.15) is 0 Å². The molecule has 152 valence electrons. The summed E-state index contributed by atoms with van der Waals surface area (Å²) in [6, 6.07) is 11.9. The Hall–Kier alpha value is -2.69. The molecule has 1 N–H and O–H groups in total. The standard InChI is InChI=1S/C23H27B2N3O2/c1-30-19-8-9-20-17(15-19)10-14-28(20)13-5-3-2-4-12-27-23(29)22(25)21(24)18-7-6-11-26-16-18/h6-11,14-16,21-22H,2-5,12-13H2,1H3,(H,27,29). The predicted molar refractivity (Wildman–Crippen MR) is 122 cm³/mol. The molecule has 0 aliphatic rings. The van der Waals surface area contributed by atoms with E-state index in [9.17, 15) is 4.79 Å². The average Bonchev–Trinajstić information content (AvgIpc) is 3.19. The second-order valence-corrected chi connectivity index (χ2v) is 7.48. The van der Waals surface area contributed by atoms with Gasteiger partial charge in [0.2, 0.25) is 5.91 Å². The summed E-state index contributed by atoms with van der Waals surface area (Å²) in [6.07, 6.45) is 9.60. The van der Waals surface area contributed by atoms with Gasteiger partial charge in [0.05, 0.1) is 22.8 Å². The Balaban J connectivity index is 1.32. The number of aromatic nitrogens is 2. The molecule has 2 atom stereocenters. The third kappa shape index (κ3) is 5.68. The largest absolute Gasteiger partial charge is 0.497 e. The van der Waals surface area contributed by atoms with Crippen LogP contribution < -0.4 is 10.1 Å². The van der Waals surface area contributed by atoms with E-state index in [-0.39, 0.29) is 5.91 Å². The Kier molecular flexibility index (Phi) is 8.00. The molecule has 0 aliphatic carbocycles. The maximum atomic E-state index is 12.2. The first-order valence-electron chi connectivity index (χ1n) is 10.4. The summed E-state index contributed by atoms with van der Waals surface area (Å²) in [5.41, 5.74) is 1.98. The van der Waals surface area contributed by atoms with E-state index in [1.165, 1.54) is 10.9 Å². The van der Waals surface area contributed by atoms with E-state index in [1.807, 2.05) is 12.1 Å². The van der Waals surface area contributed by atoms with Gasteiger partial charge < -0.3 is 14.6 Å². The van der Waals surface area contributed by atoms with Crippen molar-refractivity contribution >= 4 is 32.5 Å². The summed E-state index contributed by atoms with van der Waals surface area (Å²) in [7, 11) is 13.8. The lowest BCUT2D eigenvalue weighted by Gasteiger charge is -2.20. The lowest BCUT2D eigenvalue weighted by Crippen LogP contribution is -2.31. The van der Waals surface area contributed by atoms with Gasteiger partial charge in [-0.15, -0.1) is 0 Å². The lowest BCUT2D eigenvalue weighted by atomic mass is 9.63. The van der Waals surface area contributed by atoms with E-state index in [0.29, 0.717) is 6.54 Å². The highest BCUT2D eigenvalue weighted by Gasteiger charge is 2.20. The van der Waals surface area contributed by atoms with Crippen LogP contribution in [0.4, 0.5) is 0 Å². The molecule has 0 bridgehead atoms. The van der Waals surface area contributed by atoms with E-state index in [2.05, 4.69) is 39.3 Å². The first-order valence-corrected chi connectivity index (χ1v) is 10.4. The van der Waals surface area contributed by atoms with E-state index in [1.54, 1.807) is 25.6 Å². The summed E-state index contributed by atoms with van der Waals surface area (Å²) >= 11 is 0. The molecule has 4 radical (unpaired) electrons. The minimum atomic E-state index is -0.783. The second kappa shape index (κ2) is 10.9. The molecular weight excluding hydrogens is 372 g/mol. The van der Waals surface area contributed by atoms with Crippen LogP contribution in [0, 0.1) is 0 Å². The van der Waals surface area contributed by atoms with E-state index in [0.717, 1.165) is 43.5 Å². The third-order valence-electron chi connectivity index (χ3n) is 5.36. The van der Waals surface area contributed by atoms with Gasteiger partial charge in [0.15, 0.2) is 0 Å². The molecule has 5 nitrogen and oxygen atoms in total. The normalized spacial score (nSPS) is 13.1. The van der Waals surface area contributed by atoms with Crippen LogP contribution in [0.25, 0.3) is 10.9 Å².